The van der Waals surface area contributed by atoms with Crippen LogP contribution in [0.2, 0.25) is 0 Å². The molecule has 0 radical (unpaired) electrons. The molecule has 27 heavy (non-hydrogen) atoms. The normalized spacial score (nSPS) is 11.5. The first-order chi connectivity index (χ1) is 13.2. The van der Waals surface area contributed by atoms with Crippen molar-refractivity contribution in [2.75, 3.05) is 5.32 Å². The predicted molar refractivity (Wildman–Crippen MR) is 106 cm³/mol. The molecule has 0 bridgehead atoms. The molecule has 4 aromatic rings. The van der Waals surface area contributed by atoms with Crippen molar-refractivity contribution in [3.63, 3.8) is 0 Å². The fourth-order valence-electron chi connectivity index (χ4n) is 2.79. The maximum absolute atomic E-state index is 8.90. The molecule has 0 aliphatic carbocycles. The summed E-state index contributed by atoms with van der Waals surface area (Å²) in [5.41, 5.74) is 4.07. The molecule has 2 N–H and O–H groups in total. The van der Waals surface area contributed by atoms with Crippen LogP contribution in [0.5, 0.6) is 0 Å². The van der Waals surface area contributed by atoms with Crippen molar-refractivity contribution in [2.24, 2.45) is 5.16 Å². The number of hydrogen-bond acceptors (Lipinski definition) is 6. The van der Waals surface area contributed by atoms with E-state index in [1.807, 2.05) is 60.7 Å². The van der Waals surface area contributed by atoms with Gasteiger partial charge in [-0.1, -0.05) is 29.4 Å². The van der Waals surface area contributed by atoms with Gasteiger partial charge in [0.2, 0.25) is 0 Å². The van der Waals surface area contributed by atoms with Crippen LogP contribution in [0.4, 0.5) is 11.5 Å². The second-order valence-corrected chi connectivity index (χ2v) is 6.04. The highest BCUT2D eigenvalue weighted by molar-refractivity contribution is 5.98. The molecule has 2 aromatic carbocycles. The lowest BCUT2D eigenvalue weighted by Gasteiger charge is -2.11. The molecule has 2 aromatic heterocycles. The van der Waals surface area contributed by atoms with E-state index in [0.29, 0.717) is 11.5 Å². The van der Waals surface area contributed by atoms with Crippen molar-refractivity contribution in [1.29, 1.82) is 0 Å². The number of nitrogens with zero attached hydrogens (tertiary/aromatic N) is 4. The van der Waals surface area contributed by atoms with Crippen LogP contribution in [0.1, 0.15) is 12.5 Å². The Morgan fingerprint density at radius 2 is 1.67 bits per heavy atom. The molecule has 6 nitrogen and oxygen atoms in total. The highest BCUT2D eigenvalue weighted by atomic mass is 16.4. The number of anilines is 2. The average molecular weight is 355 g/mol. The van der Waals surface area contributed by atoms with Gasteiger partial charge in [0, 0.05) is 29.0 Å². The predicted octanol–water partition coefficient (Wildman–Crippen LogP) is 4.63. The molecule has 0 saturated heterocycles. The number of hydrogen-bond donors (Lipinski definition) is 2. The maximum atomic E-state index is 8.90. The molecule has 0 aliphatic heterocycles. The van der Waals surface area contributed by atoms with Crippen molar-refractivity contribution in [2.45, 2.75) is 6.92 Å². The SMILES string of the molecule is C/C(=N/O)c1ccc(Nc2nc(-c3ccncc3)nc3ccccc23)cc1. The molecule has 2 heterocycles. The van der Waals surface area contributed by atoms with Gasteiger partial charge >= 0.3 is 0 Å². The van der Waals surface area contributed by atoms with Gasteiger partial charge in [-0.2, -0.15) is 0 Å². The van der Waals surface area contributed by atoms with Crippen LogP contribution < -0.4 is 5.32 Å². The molecule has 0 saturated carbocycles. The average Bonchev–Trinajstić information content (AvgIpc) is 2.74. The number of rotatable bonds is 4. The topological polar surface area (TPSA) is 83.3 Å². The third kappa shape index (κ3) is 3.46. The number of para-hydroxylation sites is 1. The minimum atomic E-state index is 0.564. The minimum absolute atomic E-state index is 0.564. The van der Waals surface area contributed by atoms with Crippen molar-refractivity contribution in [1.82, 2.24) is 15.0 Å². The van der Waals surface area contributed by atoms with Gasteiger partial charge in [-0.15, -0.1) is 0 Å². The highest BCUT2D eigenvalue weighted by Gasteiger charge is 2.10. The summed E-state index contributed by atoms with van der Waals surface area (Å²) in [6.07, 6.45) is 3.45. The van der Waals surface area contributed by atoms with Gasteiger partial charge in [-0.05, 0) is 48.9 Å². The standard InChI is InChI=1S/C21H17N5O/c1-14(26-27)15-6-8-17(9-7-15)23-21-18-4-2-3-5-19(18)24-20(25-21)16-10-12-22-13-11-16/h2-13,27H,1H3,(H,23,24,25)/b26-14-. The number of fused-ring (bicyclic) bond motifs is 1. The van der Waals surface area contributed by atoms with Gasteiger partial charge in [0.15, 0.2) is 5.82 Å². The Morgan fingerprint density at radius 3 is 2.41 bits per heavy atom. The van der Waals surface area contributed by atoms with E-state index in [9.17, 15) is 0 Å². The van der Waals surface area contributed by atoms with Gasteiger partial charge in [-0.3, -0.25) is 4.98 Å². The zero-order valence-corrected chi connectivity index (χ0v) is 14.7. The zero-order chi connectivity index (χ0) is 18.6. The zero-order valence-electron chi connectivity index (χ0n) is 14.7. The largest absolute Gasteiger partial charge is 0.411 e. The summed E-state index contributed by atoms with van der Waals surface area (Å²) in [6.45, 7) is 1.75. The quantitative estimate of drug-likeness (QED) is 0.317. The van der Waals surface area contributed by atoms with E-state index in [1.165, 1.54) is 0 Å². The van der Waals surface area contributed by atoms with Crippen LogP contribution in [0.25, 0.3) is 22.3 Å². The fraction of sp³-hybridized carbons (Fsp3) is 0.0476. The molecule has 0 aliphatic rings. The Bertz CT molecular complexity index is 1110. The summed E-state index contributed by atoms with van der Waals surface area (Å²) in [7, 11) is 0. The van der Waals surface area contributed by atoms with E-state index in [2.05, 4.69) is 20.4 Å². The van der Waals surface area contributed by atoms with Crippen LogP contribution in [-0.4, -0.2) is 25.9 Å². The molecule has 4 rings (SSSR count). The van der Waals surface area contributed by atoms with Gasteiger partial charge in [0.1, 0.15) is 5.82 Å². The number of pyridine rings is 1. The molecule has 0 unspecified atom stereocenters. The van der Waals surface area contributed by atoms with E-state index in [0.717, 1.165) is 33.5 Å². The van der Waals surface area contributed by atoms with Crippen molar-refractivity contribution < 1.29 is 5.21 Å². The van der Waals surface area contributed by atoms with Gasteiger partial charge < -0.3 is 10.5 Å². The molecule has 132 valence electrons. The lowest BCUT2D eigenvalue weighted by atomic mass is 10.1. The second-order valence-electron chi connectivity index (χ2n) is 6.04. The summed E-state index contributed by atoms with van der Waals surface area (Å²) < 4.78 is 0. The first kappa shape index (κ1) is 16.7. The Kier molecular flexibility index (Phi) is 4.45. The third-order valence-electron chi connectivity index (χ3n) is 4.26. The fourth-order valence-corrected chi connectivity index (χ4v) is 2.79. The Balaban J connectivity index is 1.76. The Morgan fingerprint density at radius 1 is 0.926 bits per heavy atom. The molecule has 0 spiro atoms. The molecule has 0 fully saturated rings. The Labute approximate surface area is 156 Å². The lowest BCUT2D eigenvalue weighted by Crippen LogP contribution is -2.00. The van der Waals surface area contributed by atoms with Gasteiger partial charge in [0.25, 0.3) is 0 Å². The Hall–Kier alpha value is -3.80. The first-order valence-corrected chi connectivity index (χ1v) is 8.48. The van der Waals surface area contributed by atoms with Crippen LogP contribution in [0, 0.1) is 0 Å². The van der Waals surface area contributed by atoms with Crippen molar-refractivity contribution >= 4 is 28.1 Å². The van der Waals surface area contributed by atoms with Crippen LogP contribution in [0.15, 0.2) is 78.2 Å². The highest BCUT2D eigenvalue weighted by Crippen LogP contribution is 2.27. The number of nitrogens with one attached hydrogen (secondary N) is 1. The minimum Gasteiger partial charge on any atom is -0.411 e. The van der Waals surface area contributed by atoms with Crippen LogP contribution >= 0.6 is 0 Å². The molecule has 6 heteroatoms. The van der Waals surface area contributed by atoms with Gasteiger partial charge in [-0.25, -0.2) is 9.97 Å². The smallest absolute Gasteiger partial charge is 0.162 e. The summed E-state index contributed by atoms with van der Waals surface area (Å²) in [4.78, 5) is 13.5. The molecule has 0 atom stereocenters. The second kappa shape index (κ2) is 7.21. The number of aromatic nitrogens is 3. The summed E-state index contributed by atoms with van der Waals surface area (Å²) >= 11 is 0. The van der Waals surface area contributed by atoms with Crippen molar-refractivity contribution in [3.05, 3.63) is 78.6 Å². The first-order valence-electron chi connectivity index (χ1n) is 8.48. The summed E-state index contributed by atoms with van der Waals surface area (Å²) in [5.74, 6) is 1.37. The monoisotopic (exact) mass is 355 g/mol. The van der Waals surface area contributed by atoms with E-state index >= 15 is 0 Å². The van der Waals surface area contributed by atoms with Gasteiger partial charge in [0.05, 0.1) is 11.2 Å². The third-order valence-corrected chi connectivity index (χ3v) is 4.26. The lowest BCUT2D eigenvalue weighted by molar-refractivity contribution is 0.319. The van der Waals surface area contributed by atoms with E-state index in [-0.39, 0.29) is 0 Å². The van der Waals surface area contributed by atoms with Crippen LogP contribution in [-0.2, 0) is 0 Å². The summed E-state index contributed by atoms with van der Waals surface area (Å²) in [5, 5.41) is 16.4. The number of benzene rings is 2. The van der Waals surface area contributed by atoms with E-state index in [1.54, 1.807) is 19.3 Å². The summed E-state index contributed by atoms with van der Waals surface area (Å²) in [6, 6.07) is 19.3. The number of oxime groups is 1. The molecular weight excluding hydrogens is 338 g/mol. The van der Waals surface area contributed by atoms with Crippen LogP contribution in [0.3, 0.4) is 0 Å². The van der Waals surface area contributed by atoms with E-state index in [4.69, 9.17) is 10.2 Å². The maximum Gasteiger partial charge on any atom is 0.162 e. The molecule has 0 amide bonds. The van der Waals surface area contributed by atoms with E-state index < -0.39 is 0 Å². The van der Waals surface area contributed by atoms with Crippen molar-refractivity contribution in [3.8, 4) is 11.4 Å². The molecular formula is C21H17N5O.